The minimum atomic E-state index is 0.109. The van der Waals surface area contributed by atoms with E-state index in [1.54, 1.807) is 0 Å². The van der Waals surface area contributed by atoms with Crippen LogP contribution in [0.5, 0.6) is 0 Å². The van der Waals surface area contributed by atoms with E-state index in [1.807, 2.05) is 6.92 Å². The van der Waals surface area contributed by atoms with Gasteiger partial charge in [-0.05, 0) is 31.6 Å². The summed E-state index contributed by atoms with van der Waals surface area (Å²) >= 11 is 0. The number of carbonyl (C=O) groups excluding carboxylic acids is 1. The largest absolute Gasteiger partial charge is 0.353 e. The Morgan fingerprint density at radius 3 is 2.85 bits per heavy atom. The van der Waals surface area contributed by atoms with Crippen LogP contribution < -0.4 is 5.32 Å². The van der Waals surface area contributed by atoms with Crippen LogP contribution in [-0.2, 0) is 4.79 Å². The molecule has 1 amide bonds. The molecule has 3 nitrogen and oxygen atoms in total. The molecular formula is C10H16N2O. The van der Waals surface area contributed by atoms with Gasteiger partial charge in [-0.1, -0.05) is 6.92 Å². The molecule has 0 aromatic carbocycles. The van der Waals surface area contributed by atoms with Gasteiger partial charge in [-0.15, -0.1) is 0 Å². The van der Waals surface area contributed by atoms with Crippen molar-refractivity contribution in [2.24, 2.45) is 11.8 Å². The van der Waals surface area contributed by atoms with Crippen molar-refractivity contribution in [3.05, 3.63) is 0 Å². The van der Waals surface area contributed by atoms with Crippen molar-refractivity contribution in [3.8, 4) is 0 Å². The molecule has 2 saturated heterocycles. The third kappa shape index (κ3) is 1.47. The monoisotopic (exact) mass is 180 g/mol. The molecule has 2 bridgehead atoms. The summed E-state index contributed by atoms with van der Waals surface area (Å²) in [6.45, 7) is 1.98. The Morgan fingerprint density at radius 1 is 1.62 bits per heavy atom. The van der Waals surface area contributed by atoms with E-state index in [2.05, 4.69) is 5.32 Å². The summed E-state index contributed by atoms with van der Waals surface area (Å²) in [5.41, 5.74) is 0.713. The lowest BCUT2D eigenvalue weighted by molar-refractivity contribution is -0.135. The Hall–Kier alpha value is -0.860. The zero-order chi connectivity index (χ0) is 9.42. The van der Waals surface area contributed by atoms with Gasteiger partial charge in [0.1, 0.15) is 0 Å². The fourth-order valence-corrected chi connectivity index (χ4v) is 2.30. The molecule has 3 fully saturated rings. The number of fused-ring (bicyclic) bond motifs is 2. The number of hydrogen-bond donors (Lipinski definition) is 2. The van der Waals surface area contributed by atoms with Crippen molar-refractivity contribution in [2.75, 3.05) is 0 Å². The van der Waals surface area contributed by atoms with Crippen LogP contribution in [0.15, 0.2) is 0 Å². The lowest BCUT2D eigenvalue weighted by atomic mass is 9.67. The Morgan fingerprint density at radius 2 is 2.31 bits per heavy atom. The van der Waals surface area contributed by atoms with E-state index < -0.39 is 0 Å². The van der Waals surface area contributed by atoms with Crippen LogP contribution in [0.25, 0.3) is 0 Å². The minimum Gasteiger partial charge on any atom is -0.353 e. The summed E-state index contributed by atoms with van der Waals surface area (Å²) in [4.78, 5) is 11.5. The van der Waals surface area contributed by atoms with Gasteiger partial charge in [-0.2, -0.15) is 0 Å². The van der Waals surface area contributed by atoms with E-state index in [0.717, 1.165) is 19.3 Å². The lowest BCUT2D eigenvalue weighted by Crippen LogP contribution is -2.57. The van der Waals surface area contributed by atoms with Crippen molar-refractivity contribution in [2.45, 2.75) is 38.6 Å². The van der Waals surface area contributed by atoms with Crippen LogP contribution in [0, 0.1) is 17.2 Å². The van der Waals surface area contributed by atoms with Gasteiger partial charge in [0.25, 0.3) is 0 Å². The highest BCUT2D eigenvalue weighted by atomic mass is 16.2. The van der Waals surface area contributed by atoms with E-state index >= 15 is 0 Å². The van der Waals surface area contributed by atoms with Crippen LogP contribution >= 0.6 is 0 Å². The maximum atomic E-state index is 11.5. The Balaban J connectivity index is 1.96. The smallest absolute Gasteiger partial charge is 0.223 e. The predicted octanol–water partition coefficient (Wildman–Crippen LogP) is 1.33. The second-order valence-electron chi connectivity index (χ2n) is 4.20. The van der Waals surface area contributed by atoms with Gasteiger partial charge >= 0.3 is 0 Å². The first-order valence-corrected chi connectivity index (χ1v) is 5.07. The summed E-state index contributed by atoms with van der Waals surface area (Å²) in [5.74, 6) is 0.869. The van der Waals surface area contributed by atoms with Crippen molar-refractivity contribution < 1.29 is 4.79 Å². The first-order chi connectivity index (χ1) is 6.20. The molecule has 2 heterocycles. The second-order valence-corrected chi connectivity index (χ2v) is 4.20. The van der Waals surface area contributed by atoms with E-state index in [9.17, 15) is 4.79 Å². The summed E-state index contributed by atoms with van der Waals surface area (Å²) < 4.78 is 0. The number of amides is 1. The average molecular weight is 180 g/mol. The van der Waals surface area contributed by atoms with E-state index in [-0.39, 0.29) is 11.8 Å². The molecule has 2 N–H and O–H groups in total. The molecular weight excluding hydrogens is 164 g/mol. The van der Waals surface area contributed by atoms with Crippen LogP contribution in [0.4, 0.5) is 0 Å². The number of hydrogen-bond acceptors (Lipinski definition) is 2. The van der Waals surface area contributed by atoms with Crippen LogP contribution in [0.3, 0.4) is 0 Å². The van der Waals surface area contributed by atoms with Gasteiger partial charge in [0.15, 0.2) is 0 Å². The van der Waals surface area contributed by atoms with Gasteiger partial charge in [0, 0.05) is 17.7 Å². The number of rotatable bonds is 3. The molecule has 1 aliphatic carbocycles. The topological polar surface area (TPSA) is 53.0 Å². The molecule has 0 aromatic rings. The summed E-state index contributed by atoms with van der Waals surface area (Å²) in [6.07, 6.45) is 3.75. The van der Waals surface area contributed by atoms with E-state index in [0.29, 0.717) is 24.1 Å². The molecule has 0 spiro atoms. The molecule has 3 heteroatoms. The van der Waals surface area contributed by atoms with Crippen LogP contribution in [0.1, 0.15) is 32.6 Å². The first-order valence-electron chi connectivity index (χ1n) is 5.07. The van der Waals surface area contributed by atoms with Gasteiger partial charge in [-0.25, -0.2) is 0 Å². The predicted molar refractivity (Wildman–Crippen MR) is 50.8 cm³/mol. The summed E-state index contributed by atoms with van der Waals surface area (Å²) in [6, 6.07) is 0.463. The van der Waals surface area contributed by atoms with Crippen molar-refractivity contribution in [1.82, 2.24) is 5.32 Å². The van der Waals surface area contributed by atoms with Gasteiger partial charge in [0.05, 0.1) is 0 Å². The lowest BCUT2D eigenvalue weighted by Gasteiger charge is -2.46. The Labute approximate surface area is 78.4 Å². The van der Waals surface area contributed by atoms with Crippen molar-refractivity contribution in [1.29, 1.82) is 5.41 Å². The van der Waals surface area contributed by atoms with Crippen LogP contribution in [0.2, 0.25) is 0 Å². The molecule has 1 unspecified atom stereocenters. The maximum absolute atomic E-state index is 11.5. The number of piperidine rings is 2. The number of carbonyl (C=O) groups is 1. The van der Waals surface area contributed by atoms with Crippen LogP contribution in [-0.4, -0.2) is 17.7 Å². The minimum absolute atomic E-state index is 0.109. The van der Waals surface area contributed by atoms with E-state index in [4.69, 9.17) is 5.41 Å². The third-order valence-electron chi connectivity index (χ3n) is 3.32. The quantitative estimate of drug-likeness (QED) is 0.632. The Kier molecular flexibility index (Phi) is 2.10. The summed E-state index contributed by atoms with van der Waals surface area (Å²) in [5, 5.41) is 10.6. The third-order valence-corrected chi connectivity index (χ3v) is 3.32. The fourth-order valence-electron chi connectivity index (χ4n) is 2.30. The first kappa shape index (κ1) is 8.73. The molecule has 13 heavy (non-hydrogen) atoms. The molecule has 0 aromatic heterocycles. The average Bonchev–Trinajstić information content (AvgIpc) is 2.05. The SMILES string of the molecule is CCC(=N)CC1C(=O)NC2CC1C2. The molecule has 3 aliphatic rings. The normalized spacial score (nSPS) is 36.4. The summed E-state index contributed by atoms with van der Waals surface area (Å²) in [7, 11) is 0. The molecule has 2 aliphatic heterocycles. The maximum Gasteiger partial charge on any atom is 0.223 e. The van der Waals surface area contributed by atoms with Gasteiger partial charge in [0.2, 0.25) is 5.91 Å². The molecule has 1 saturated carbocycles. The zero-order valence-electron chi connectivity index (χ0n) is 7.97. The van der Waals surface area contributed by atoms with Crippen molar-refractivity contribution >= 4 is 11.6 Å². The standard InChI is InChI=1S/C10H16N2O/c1-2-7(11)5-9-6-3-8(4-6)12-10(9)13/h6,8-9,11H,2-5H2,1H3,(H,12,13). The van der Waals surface area contributed by atoms with Gasteiger partial charge in [-0.3, -0.25) is 4.79 Å². The van der Waals surface area contributed by atoms with E-state index in [1.165, 1.54) is 0 Å². The molecule has 72 valence electrons. The molecule has 3 rings (SSSR count). The fraction of sp³-hybridized carbons (Fsp3) is 0.800. The highest BCUT2D eigenvalue weighted by Gasteiger charge is 2.44. The second kappa shape index (κ2) is 3.13. The highest BCUT2D eigenvalue weighted by molar-refractivity contribution is 5.89. The Bertz CT molecular complexity index is 243. The molecule has 0 radical (unpaired) electrons. The number of nitrogens with one attached hydrogen (secondary N) is 2. The van der Waals surface area contributed by atoms with Crippen molar-refractivity contribution in [3.63, 3.8) is 0 Å². The highest BCUT2D eigenvalue weighted by Crippen LogP contribution is 2.40. The van der Waals surface area contributed by atoms with Gasteiger partial charge < -0.3 is 10.7 Å². The molecule has 1 atom stereocenters. The zero-order valence-corrected chi connectivity index (χ0v) is 7.97.